The standard InChI is InChI=1S/C22H24N4OS.2ClH/c1-25(2)12-13-26-20-7-6-17(14-18(20)4-3-5-21(26)27)19-15-28-22(24-19)16-8-10-23-11-9-16;;/h6-11,14-15H,3-5,12-13H2,1-2H3;2*1H. The topological polar surface area (TPSA) is 49.3 Å². The van der Waals surface area contributed by atoms with Gasteiger partial charge in [-0.05, 0) is 56.8 Å². The summed E-state index contributed by atoms with van der Waals surface area (Å²) in [6.07, 6.45) is 6.01. The van der Waals surface area contributed by atoms with Gasteiger partial charge in [-0.1, -0.05) is 6.07 Å². The molecule has 0 radical (unpaired) electrons. The van der Waals surface area contributed by atoms with Gasteiger partial charge in [0.1, 0.15) is 5.01 Å². The number of carbonyl (C=O) groups excluding carboxylic acids is 1. The molecule has 0 atom stereocenters. The number of nitrogens with zero attached hydrogens (tertiary/aromatic N) is 4. The molecule has 0 N–H and O–H groups in total. The van der Waals surface area contributed by atoms with E-state index in [-0.39, 0.29) is 30.7 Å². The number of likely N-dealkylation sites (N-methyl/N-ethyl adjacent to an activating group) is 1. The van der Waals surface area contributed by atoms with Crippen molar-refractivity contribution in [1.82, 2.24) is 14.9 Å². The molecule has 1 aliphatic heterocycles. The number of benzene rings is 1. The lowest BCUT2D eigenvalue weighted by Crippen LogP contribution is -2.36. The van der Waals surface area contributed by atoms with Gasteiger partial charge in [-0.15, -0.1) is 36.2 Å². The van der Waals surface area contributed by atoms with Crippen molar-refractivity contribution in [2.45, 2.75) is 19.3 Å². The summed E-state index contributed by atoms with van der Waals surface area (Å²) in [5, 5.41) is 3.10. The number of hydrogen-bond donors (Lipinski definition) is 0. The van der Waals surface area contributed by atoms with E-state index in [2.05, 4.69) is 33.5 Å². The van der Waals surface area contributed by atoms with Crippen molar-refractivity contribution >= 4 is 47.7 Å². The lowest BCUT2D eigenvalue weighted by atomic mass is 10.0. The molecule has 8 heteroatoms. The van der Waals surface area contributed by atoms with E-state index in [0.29, 0.717) is 6.42 Å². The summed E-state index contributed by atoms with van der Waals surface area (Å²) < 4.78 is 0. The van der Waals surface area contributed by atoms with Crippen LogP contribution < -0.4 is 4.90 Å². The quantitative estimate of drug-likeness (QED) is 0.535. The van der Waals surface area contributed by atoms with Crippen molar-refractivity contribution in [2.24, 2.45) is 0 Å². The van der Waals surface area contributed by atoms with Gasteiger partial charge in [-0.3, -0.25) is 9.78 Å². The second-order valence-corrected chi connectivity index (χ2v) is 8.18. The summed E-state index contributed by atoms with van der Waals surface area (Å²) in [6.45, 7) is 1.58. The third kappa shape index (κ3) is 5.38. The van der Waals surface area contributed by atoms with Gasteiger partial charge in [0.25, 0.3) is 0 Å². The van der Waals surface area contributed by atoms with Crippen molar-refractivity contribution in [3.05, 3.63) is 53.7 Å². The molecular formula is C22H26Cl2N4OS. The van der Waals surface area contributed by atoms with E-state index in [1.165, 1.54) is 5.56 Å². The molecule has 30 heavy (non-hydrogen) atoms. The van der Waals surface area contributed by atoms with Crippen LogP contribution in [0.3, 0.4) is 0 Å². The van der Waals surface area contributed by atoms with E-state index in [4.69, 9.17) is 4.98 Å². The number of halogens is 2. The zero-order valence-corrected chi connectivity index (χ0v) is 19.5. The van der Waals surface area contributed by atoms with E-state index in [0.717, 1.165) is 53.4 Å². The van der Waals surface area contributed by atoms with Crippen molar-refractivity contribution in [2.75, 3.05) is 32.1 Å². The van der Waals surface area contributed by atoms with E-state index < -0.39 is 0 Å². The fourth-order valence-electron chi connectivity index (χ4n) is 3.49. The van der Waals surface area contributed by atoms with E-state index in [9.17, 15) is 4.79 Å². The first-order valence-corrected chi connectivity index (χ1v) is 10.4. The van der Waals surface area contributed by atoms with E-state index in [1.807, 2.05) is 31.1 Å². The number of amides is 1. The molecule has 0 spiro atoms. The van der Waals surface area contributed by atoms with Crippen LogP contribution >= 0.6 is 36.2 Å². The Kier molecular flexibility index (Phi) is 8.79. The Morgan fingerprint density at radius 1 is 1.07 bits per heavy atom. The molecule has 0 saturated carbocycles. The molecule has 5 nitrogen and oxygen atoms in total. The molecule has 160 valence electrons. The highest BCUT2D eigenvalue weighted by molar-refractivity contribution is 7.13. The SMILES string of the molecule is CN(C)CCN1C(=O)CCCc2cc(-c3csc(-c4ccncc4)n3)ccc21.Cl.Cl. The number of anilines is 1. The number of fused-ring (bicyclic) bond motifs is 1. The molecule has 0 fully saturated rings. The molecule has 0 unspecified atom stereocenters. The number of hydrogen-bond acceptors (Lipinski definition) is 5. The number of aromatic nitrogens is 2. The molecule has 0 bridgehead atoms. The van der Waals surface area contributed by atoms with Crippen molar-refractivity contribution in [3.8, 4) is 21.8 Å². The normalized spacial score (nSPS) is 13.3. The van der Waals surface area contributed by atoms with Gasteiger partial charge in [0, 0.05) is 54.1 Å². The molecule has 1 aromatic carbocycles. The second-order valence-electron chi connectivity index (χ2n) is 7.32. The highest BCUT2D eigenvalue weighted by Gasteiger charge is 2.22. The van der Waals surface area contributed by atoms with Gasteiger partial charge in [0.05, 0.1) is 5.69 Å². The molecule has 1 amide bonds. The molecular weight excluding hydrogens is 439 g/mol. The van der Waals surface area contributed by atoms with Crippen LogP contribution in [0.15, 0.2) is 48.1 Å². The van der Waals surface area contributed by atoms with Gasteiger partial charge in [-0.2, -0.15) is 0 Å². The predicted molar refractivity (Wildman–Crippen MR) is 129 cm³/mol. The second kappa shape index (κ2) is 10.9. The third-order valence-corrected chi connectivity index (χ3v) is 5.90. The molecule has 1 aliphatic rings. The molecule has 4 rings (SSSR count). The Labute approximate surface area is 194 Å². The summed E-state index contributed by atoms with van der Waals surface area (Å²) >= 11 is 1.64. The highest BCUT2D eigenvalue weighted by atomic mass is 35.5. The van der Waals surface area contributed by atoms with Crippen LogP contribution in [-0.4, -0.2) is 48.0 Å². The third-order valence-electron chi connectivity index (χ3n) is 5.01. The number of carbonyl (C=O) groups is 1. The minimum atomic E-state index is 0. The molecule has 0 saturated heterocycles. The summed E-state index contributed by atoms with van der Waals surface area (Å²) in [6, 6.07) is 10.4. The molecule has 2 aromatic heterocycles. The van der Waals surface area contributed by atoms with E-state index in [1.54, 1.807) is 23.7 Å². The Balaban J connectivity index is 0.00000160. The van der Waals surface area contributed by atoms with E-state index >= 15 is 0 Å². The predicted octanol–water partition coefficient (Wildman–Crippen LogP) is 4.95. The number of thiazole rings is 1. The van der Waals surface area contributed by atoms with Crippen molar-refractivity contribution < 1.29 is 4.79 Å². The first-order valence-electron chi connectivity index (χ1n) is 9.56. The van der Waals surface area contributed by atoms with Crippen LogP contribution in [0.2, 0.25) is 0 Å². The fraction of sp³-hybridized carbons (Fsp3) is 0.318. The number of pyridine rings is 1. The zero-order chi connectivity index (χ0) is 19.5. The largest absolute Gasteiger partial charge is 0.311 e. The van der Waals surface area contributed by atoms with Gasteiger partial charge in [0.15, 0.2) is 0 Å². The maximum absolute atomic E-state index is 12.6. The van der Waals surface area contributed by atoms with Crippen LogP contribution in [0.1, 0.15) is 18.4 Å². The first-order chi connectivity index (χ1) is 13.6. The summed E-state index contributed by atoms with van der Waals surface area (Å²) in [7, 11) is 4.07. The van der Waals surface area contributed by atoms with Crippen LogP contribution in [0.25, 0.3) is 21.8 Å². The Hall–Kier alpha value is -1.99. The monoisotopic (exact) mass is 464 g/mol. The summed E-state index contributed by atoms with van der Waals surface area (Å²) in [4.78, 5) is 25.6. The van der Waals surface area contributed by atoms with Gasteiger partial charge in [-0.25, -0.2) is 4.98 Å². The Morgan fingerprint density at radius 2 is 1.83 bits per heavy atom. The smallest absolute Gasteiger partial charge is 0.227 e. The zero-order valence-electron chi connectivity index (χ0n) is 17.1. The molecule has 3 aromatic rings. The lowest BCUT2D eigenvalue weighted by molar-refractivity contribution is -0.118. The summed E-state index contributed by atoms with van der Waals surface area (Å²) in [5.41, 5.74) is 5.46. The Morgan fingerprint density at radius 3 is 2.57 bits per heavy atom. The van der Waals surface area contributed by atoms with Gasteiger partial charge >= 0.3 is 0 Å². The highest BCUT2D eigenvalue weighted by Crippen LogP contribution is 2.33. The number of aryl methyl sites for hydroxylation is 1. The number of rotatable bonds is 5. The fourth-order valence-corrected chi connectivity index (χ4v) is 4.32. The Bertz CT molecular complexity index is 978. The molecule has 0 aliphatic carbocycles. The first kappa shape index (κ1) is 24.3. The lowest BCUT2D eigenvalue weighted by Gasteiger charge is -2.25. The maximum Gasteiger partial charge on any atom is 0.227 e. The van der Waals surface area contributed by atoms with Gasteiger partial charge < -0.3 is 9.80 Å². The van der Waals surface area contributed by atoms with Crippen LogP contribution in [0, 0.1) is 0 Å². The van der Waals surface area contributed by atoms with Crippen LogP contribution in [0.5, 0.6) is 0 Å². The van der Waals surface area contributed by atoms with Crippen molar-refractivity contribution in [1.29, 1.82) is 0 Å². The maximum atomic E-state index is 12.6. The molecule has 3 heterocycles. The van der Waals surface area contributed by atoms with Crippen molar-refractivity contribution in [3.63, 3.8) is 0 Å². The van der Waals surface area contributed by atoms with Crippen LogP contribution in [-0.2, 0) is 11.2 Å². The minimum Gasteiger partial charge on any atom is -0.311 e. The average Bonchev–Trinajstić information content (AvgIpc) is 3.14. The van der Waals surface area contributed by atoms with Crippen LogP contribution in [0.4, 0.5) is 5.69 Å². The minimum absolute atomic E-state index is 0. The van der Waals surface area contributed by atoms with Gasteiger partial charge in [0.2, 0.25) is 5.91 Å². The summed E-state index contributed by atoms with van der Waals surface area (Å²) in [5.74, 6) is 0.224. The average molecular weight is 465 g/mol.